The summed E-state index contributed by atoms with van der Waals surface area (Å²) in [6, 6.07) is 0.116. The normalized spacial score (nSPS) is 28.4. The lowest BCUT2D eigenvalue weighted by Crippen LogP contribution is -2.49. The molecule has 0 aliphatic carbocycles. The molecule has 98 valence electrons. The number of piperidine rings is 1. The van der Waals surface area contributed by atoms with Gasteiger partial charge in [-0.1, -0.05) is 26.7 Å². The zero-order chi connectivity index (χ0) is 12.3. The van der Waals surface area contributed by atoms with Crippen LogP contribution in [0.1, 0.15) is 52.4 Å². The fraction of sp³-hybridized carbons (Fsp3) is 0.929. The van der Waals surface area contributed by atoms with Gasteiger partial charge in [0.25, 0.3) is 0 Å². The summed E-state index contributed by atoms with van der Waals surface area (Å²) in [4.78, 5) is 14.3. The summed E-state index contributed by atoms with van der Waals surface area (Å²) in [7, 11) is 0. The molecule has 1 unspecified atom stereocenters. The van der Waals surface area contributed by atoms with Crippen molar-refractivity contribution in [3.63, 3.8) is 0 Å². The van der Waals surface area contributed by atoms with Crippen molar-refractivity contribution in [1.29, 1.82) is 0 Å². The van der Waals surface area contributed by atoms with Crippen molar-refractivity contribution in [3.8, 4) is 0 Å². The molecule has 1 N–H and O–H groups in total. The fourth-order valence-electron chi connectivity index (χ4n) is 3.27. The third-order valence-corrected chi connectivity index (χ3v) is 4.99. The molecule has 1 amide bonds. The smallest absolute Gasteiger partial charge is 0.239 e. The number of nitrogens with zero attached hydrogens (tertiary/aromatic N) is 1. The van der Waals surface area contributed by atoms with Gasteiger partial charge >= 0.3 is 0 Å². The summed E-state index contributed by atoms with van der Waals surface area (Å²) in [6.07, 6.45) is 7.08. The first-order chi connectivity index (χ1) is 8.21. The van der Waals surface area contributed by atoms with Gasteiger partial charge in [-0.3, -0.25) is 4.79 Å². The third-order valence-electron chi connectivity index (χ3n) is 4.99. The van der Waals surface area contributed by atoms with E-state index in [9.17, 15) is 4.79 Å². The molecular weight excluding hydrogens is 212 g/mol. The van der Waals surface area contributed by atoms with Crippen LogP contribution in [0.4, 0.5) is 0 Å². The summed E-state index contributed by atoms with van der Waals surface area (Å²) in [5, 5.41) is 3.31. The molecule has 2 fully saturated rings. The van der Waals surface area contributed by atoms with Crippen LogP contribution >= 0.6 is 0 Å². The van der Waals surface area contributed by atoms with E-state index >= 15 is 0 Å². The highest BCUT2D eigenvalue weighted by Gasteiger charge is 2.35. The molecule has 0 aromatic carbocycles. The van der Waals surface area contributed by atoms with Gasteiger partial charge in [0.15, 0.2) is 0 Å². The van der Waals surface area contributed by atoms with E-state index in [4.69, 9.17) is 0 Å². The number of likely N-dealkylation sites (tertiary alicyclic amines) is 1. The van der Waals surface area contributed by atoms with Crippen molar-refractivity contribution >= 4 is 5.91 Å². The van der Waals surface area contributed by atoms with Gasteiger partial charge in [-0.15, -0.1) is 0 Å². The molecule has 3 heteroatoms. The summed E-state index contributed by atoms with van der Waals surface area (Å²) in [5.74, 6) is 0.350. The van der Waals surface area contributed by atoms with Crippen LogP contribution in [0.3, 0.4) is 0 Å². The van der Waals surface area contributed by atoms with Gasteiger partial charge in [0.05, 0.1) is 6.04 Å². The Hall–Kier alpha value is -0.570. The van der Waals surface area contributed by atoms with Crippen molar-refractivity contribution in [1.82, 2.24) is 10.2 Å². The van der Waals surface area contributed by atoms with Gasteiger partial charge in [0, 0.05) is 13.1 Å². The van der Waals surface area contributed by atoms with E-state index in [1.54, 1.807) is 0 Å². The second kappa shape index (κ2) is 5.38. The predicted molar refractivity (Wildman–Crippen MR) is 69.9 cm³/mol. The maximum atomic E-state index is 12.3. The number of hydrogen-bond donors (Lipinski definition) is 1. The van der Waals surface area contributed by atoms with Crippen LogP contribution in [-0.4, -0.2) is 36.5 Å². The predicted octanol–water partition coefficient (Wildman–Crippen LogP) is 2.17. The Morgan fingerprint density at radius 1 is 1.29 bits per heavy atom. The average Bonchev–Trinajstić information content (AvgIpc) is 2.92. The molecule has 0 aromatic heterocycles. The molecule has 17 heavy (non-hydrogen) atoms. The molecule has 0 radical (unpaired) electrons. The van der Waals surface area contributed by atoms with Crippen molar-refractivity contribution in [2.45, 2.75) is 58.4 Å². The van der Waals surface area contributed by atoms with E-state index in [0.29, 0.717) is 11.3 Å². The van der Waals surface area contributed by atoms with Crippen LogP contribution < -0.4 is 5.32 Å². The highest BCUT2D eigenvalue weighted by atomic mass is 16.2. The van der Waals surface area contributed by atoms with E-state index in [-0.39, 0.29) is 6.04 Å². The topological polar surface area (TPSA) is 32.3 Å². The molecule has 0 bridgehead atoms. The number of amides is 1. The van der Waals surface area contributed by atoms with E-state index in [1.807, 2.05) is 0 Å². The van der Waals surface area contributed by atoms with Gasteiger partial charge in [-0.05, 0) is 37.6 Å². The van der Waals surface area contributed by atoms with Crippen LogP contribution in [0.5, 0.6) is 0 Å². The third kappa shape index (κ3) is 2.65. The summed E-state index contributed by atoms with van der Waals surface area (Å²) >= 11 is 0. The number of carbonyl (C=O) groups excluding carboxylic acids is 1. The van der Waals surface area contributed by atoms with Crippen LogP contribution in [0.25, 0.3) is 0 Å². The molecule has 1 atom stereocenters. The lowest BCUT2D eigenvalue weighted by atomic mass is 9.74. The summed E-state index contributed by atoms with van der Waals surface area (Å²) in [5.41, 5.74) is 0.514. The Balaban J connectivity index is 1.87. The minimum absolute atomic E-state index is 0.116. The summed E-state index contributed by atoms with van der Waals surface area (Å²) in [6.45, 7) is 7.54. The average molecular weight is 238 g/mol. The summed E-state index contributed by atoms with van der Waals surface area (Å²) < 4.78 is 0. The van der Waals surface area contributed by atoms with Crippen LogP contribution in [0, 0.1) is 5.41 Å². The second-order valence-corrected chi connectivity index (χ2v) is 5.68. The van der Waals surface area contributed by atoms with Crippen LogP contribution in [0.2, 0.25) is 0 Å². The van der Waals surface area contributed by atoms with Gasteiger partial charge in [0.2, 0.25) is 5.91 Å². The van der Waals surface area contributed by atoms with Gasteiger partial charge < -0.3 is 10.2 Å². The van der Waals surface area contributed by atoms with Crippen molar-refractivity contribution in [3.05, 3.63) is 0 Å². The Morgan fingerprint density at radius 3 is 2.41 bits per heavy atom. The molecule has 3 nitrogen and oxygen atoms in total. The lowest BCUT2D eigenvalue weighted by Gasteiger charge is -2.41. The highest BCUT2D eigenvalue weighted by Crippen LogP contribution is 2.38. The minimum Gasteiger partial charge on any atom is -0.341 e. The molecule has 2 saturated heterocycles. The van der Waals surface area contributed by atoms with Crippen molar-refractivity contribution < 1.29 is 4.79 Å². The number of nitrogens with one attached hydrogen (secondary N) is 1. The van der Waals surface area contributed by atoms with Gasteiger partial charge in [0.1, 0.15) is 0 Å². The molecule has 2 aliphatic rings. The maximum absolute atomic E-state index is 12.3. The van der Waals surface area contributed by atoms with E-state index in [0.717, 1.165) is 32.5 Å². The zero-order valence-electron chi connectivity index (χ0n) is 11.3. The Morgan fingerprint density at radius 2 is 1.94 bits per heavy atom. The highest BCUT2D eigenvalue weighted by molar-refractivity contribution is 5.82. The van der Waals surface area contributed by atoms with Gasteiger partial charge in [-0.25, -0.2) is 0 Å². The molecular formula is C14H26N2O. The van der Waals surface area contributed by atoms with E-state index < -0.39 is 0 Å². The molecule has 0 aromatic rings. The van der Waals surface area contributed by atoms with Gasteiger partial charge in [-0.2, -0.15) is 0 Å². The SMILES string of the molecule is CCC1(CC)CCN(C(=O)C2CCCN2)CC1. The molecule has 2 aliphatic heterocycles. The molecule has 0 saturated carbocycles. The van der Waals surface area contributed by atoms with E-state index in [2.05, 4.69) is 24.1 Å². The number of carbonyl (C=O) groups is 1. The van der Waals surface area contributed by atoms with E-state index in [1.165, 1.54) is 25.7 Å². The zero-order valence-corrected chi connectivity index (χ0v) is 11.3. The first-order valence-corrected chi connectivity index (χ1v) is 7.23. The second-order valence-electron chi connectivity index (χ2n) is 5.68. The van der Waals surface area contributed by atoms with Crippen LogP contribution in [-0.2, 0) is 4.79 Å². The minimum atomic E-state index is 0.116. The fourth-order valence-corrected chi connectivity index (χ4v) is 3.27. The maximum Gasteiger partial charge on any atom is 0.239 e. The molecule has 2 heterocycles. The van der Waals surface area contributed by atoms with Crippen molar-refractivity contribution in [2.75, 3.05) is 19.6 Å². The Kier molecular flexibility index (Phi) is 4.08. The Labute approximate surface area is 105 Å². The first-order valence-electron chi connectivity index (χ1n) is 7.23. The standard InChI is InChI=1S/C14H26N2O/c1-3-14(4-2)7-10-16(11-8-14)13(17)12-6-5-9-15-12/h12,15H,3-11H2,1-2H3. The lowest BCUT2D eigenvalue weighted by molar-refractivity contribution is -0.135. The van der Waals surface area contributed by atoms with Crippen LogP contribution in [0.15, 0.2) is 0 Å². The number of hydrogen-bond acceptors (Lipinski definition) is 2. The molecule has 2 rings (SSSR count). The molecule has 0 spiro atoms. The largest absolute Gasteiger partial charge is 0.341 e. The monoisotopic (exact) mass is 238 g/mol. The Bertz CT molecular complexity index is 257. The number of rotatable bonds is 3. The van der Waals surface area contributed by atoms with Crippen molar-refractivity contribution in [2.24, 2.45) is 5.41 Å². The quantitative estimate of drug-likeness (QED) is 0.817. The first kappa shape index (κ1) is 12.9.